The number of amides is 1. The minimum absolute atomic E-state index is 0.121. The van der Waals surface area contributed by atoms with E-state index in [1.807, 2.05) is 53.3 Å². The van der Waals surface area contributed by atoms with Gasteiger partial charge in [0.25, 0.3) is 5.91 Å². The van der Waals surface area contributed by atoms with Crippen molar-refractivity contribution in [2.75, 3.05) is 12.4 Å². The van der Waals surface area contributed by atoms with Crippen molar-refractivity contribution in [3.63, 3.8) is 0 Å². The molecule has 0 unspecified atom stereocenters. The molecule has 0 atom stereocenters. The molecule has 0 saturated heterocycles. The zero-order valence-corrected chi connectivity index (χ0v) is 12.7. The number of nitrogens with zero attached hydrogens (tertiary/aromatic N) is 1. The summed E-state index contributed by atoms with van der Waals surface area (Å²) in [6, 6.07) is 11.4. The van der Waals surface area contributed by atoms with Gasteiger partial charge >= 0.3 is 0 Å². The van der Waals surface area contributed by atoms with Crippen LogP contribution in [0.1, 0.15) is 17.4 Å². The van der Waals surface area contributed by atoms with Crippen LogP contribution in [0.15, 0.2) is 41.8 Å². The van der Waals surface area contributed by atoms with Crippen LogP contribution in [-0.2, 0) is 6.54 Å². The molecule has 3 rings (SSSR count). The molecule has 0 saturated carbocycles. The molecule has 0 radical (unpaired) electrons. The van der Waals surface area contributed by atoms with Gasteiger partial charge in [-0.05, 0) is 36.6 Å². The predicted molar refractivity (Wildman–Crippen MR) is 86.4 cm³/mol. The molecule has 108 valence electrons. The molecule has 0 fully saturated rings. The van der Waals surface area contributed by atoms with E-state index < -0.39 is 0 Å². The van der Waals surface area contributed by atoms with E-state index in [4.69, 9.17) is 4.74 Å². The first-order chi connectivity index (χ1) is 10.2. The van der Waals surface area contributed by atoms with Gasteiger partial charge in [-0.1, -0.05) is 12.1 Å². The molecule has 1 amide bonds. The number of benzene rings is 1. The van der Waals surface area contributed by atoms with Crippen LogP contribution < -0.4 is 10.1 Å². The Morgan fingerprint density at radius 2 is 2.14 bits per heavy atom. The number of hydrogen-bond donors (Lipinski definition) is 1. The van der Waals surface area contributed by atoms with Crippen molar-refractivity contribution in [2.24, 2.45) is 0 Å². The smallest absolute Gasteiger partial charge is 0.272 e. The monoisotopic (exact) mass is 300 g/mol. The number of rotatable bonds is 4. The van der Waals surface area contributed by atoms with Gasteiger partial charge in [-0.3, -0.25) is 4.79 Å². The summed E-state index contributed by atoms with van der Waals surface area (Å²) in [5.41, 5.74) is 2.45. The van der Waals surface area contributed by atoms with E-state index in [-0.39, 0.29) is 5.91 Å². The lowest BCUT2D eigenvalue weighted by atomic mass is 10.3. The summed E-state index contributed by atoms with van der Waals surface area (Å²) in [6.07, 6.45) is 0. The summed E-state index contributed by atoms with van der Waals surface area (Å²) in [5.74, 6) is 0.534. The Bertz CT molecular complexity index is 789. The number of aromatic nitrogens is 1. The van der Waals surface area contributed by atoms with Gasteiger partial charge < -0.3 is 14.6 Å². The number of aryl methyl sites for hydroxylation is 1. The Balaban J connectivity index is 1.95. The van der Waals surface area contributed by atoms with Crippen LogP contribution in [0.3, 0.4) is 0 Å². The van der Waals surface area contributed by atoms with Crippen molar-refractivity contribution < 1.29 is 9.53 Å². The lowest BCUT2D eigenvalue weighted by Gasteiger charge is -2.11. The second-order valence-electron chi connectivity index (χ2n) is 4.60. The minimum atomic E-state index is -0.121. The first-order valence-corrected chi connectivity index (χ1v) is 7.63. The fourth-order valence-electron chi connectivity index (χ4n) is 2.44. The third-order valence-electron chi connectivity index (χ3n) is 3.43. The molecule has 5 heteroatoms. The van der Waals surface area contributed by atoms with Gasteiger partial charge in [0.2, 0.25) is 0 Å². The molecule has 0 aliphatic rings. The first kappa shape index (κ1) is 13.7. The van der Waals surface area contributed by atoms with Gasteiger partial charge in [-0.25, -0.2) is 0 Å². The van der Waals surface area contributed by atoms with Crippen LogP contribution in [0.5, 0.6) is 5.75 Å². The fraction of sp³-hybridized carbons (Fsp3) is 0.188. The second kappa shape index (κ2) is 5.61. The van der Waals surface area contributed by atoms with Crippen LogP contribution in [0.2, 0.25) is 0 Å². The van der Waals surface area contributed by atoms with Gasteiger partial charge in [-0.2, -0.15) is 0 Å². The molecule has 1 N–H and O–H groups in total. The summed E-state index contributed by atoms with van der Waals surface area (Å²) in [7, 11) is 1.59. The van der Waals surface area contributed by atoms with E-state index in [0.29, 0.717) is 17.1 Å². The van der Waals surface area contributed by atoms with E-state index in [9.17, 15) is 4.79 Å². The molecule has 3 aromatic rings. The third kappa shape index (κ3) is 2.40. The van der Waals surface area contributed by atoms with Crippen LogP contribution in [0, 0.1) is 0 Å². The largest absolute Gasteiger partial charge is 0.495 e. The molecule has 21 heavy (non-hydrogen) atoms. The van der Waals surface area contributed by atoms with E-state index in [1.54, 1.807) is 18.4 Å². The van der Waals surface area contributed by atoms with Crippen LogP contribution >= 0.6 is 11.3 Å². The molecule has 0 aliphatic carbocycles. The highest BCUT2D eigenvalue weighted by Crippen LogP contribution is 2.27. The molecule has 1 aromatic carbocycles. The Morgan fingerprint density at radius 1 is 1.33 bits per heavy atom. The Hall–Kier alpha value is -2.27. The van der Waals surface area contributed by atoms with Crippen molar-refractivity contribution in [3.8, 4) is 5.75 Å². The average molecular weight is 300 g/mol. The molecular formula is C16H16N2O2S. The number of nitrogens with one attached hydrogen (secondary N) is 1. The lowest BCUT2D eigenvalue weighted by molar-refractivity contribution is 0.101. The number of carbonyl (C=O) groups is 1. The number of methoxy groups -OCH3 is 1. The van der Waals surface area contributed by atoms with E-state index in [1.165, 1.54) is 0 Å². The zero-order chi connectivity index (χ0) is 14.8. The summed E-state index contributed by atoms with van der Waals surface area (Å²) in [4.78, 5) is 12.5. The third-order valence-corrected chi connectivity index (χ3v) is 4.28. The molecule has 2 aromatic heterocycles. The van der Waals surface area contributed by atoms with Crippen molar-refractivity contribution in [3.05, 3.63) is 47.5 Å². The highest BCUT2D eigenvalue weighted by molar-refractivity contribution is 7.17. The van der Waals surface area contributed by atoms with Gasteiger partial charge in [0, 0.05) is 6.54 Å². The highest BCUT2D eigenvalue weighted by atomic mass is 32.1. The number of ether oxygens (including phenoxy) is 1. The van der Waals surface area contributed by atoms with E-state index in [2.05, 4.69) is 5.32 Å². The van der Waals surface area contributed by atoms with Crippen molar-refractivity contribution in [2.45, 2.75) is 13.5 Å². The average Bonchev–Trinajstić information content (AvgIpc) is 3.07. The van der Waals surface area contributed by atoms with Crippen LogP contribution in [0.25, 0.3) is 10.2 Å². The number of hydrogen-bond acceptors (Lipinski definition) is 3. The lowest BCUT2D eigenvalue weighted by Crippen LogP contribution is -2.17. The van der Waals surface area contributed by atoms with Crippen molar-refractivity contribution in [1.82, 2.24) is 4.57 Å². The quantitative estimate of drug-likeness (QED) is 0.792. The summed E-state index contributed by atoms with van der Waals surface area (Å²) < 4.78 is 8.41. The fourth-order valence-corrected chi connectivity index (χ4v) is 3.26. The topological polar surface area (TPSA) is 43.3 Å². The maximum absolute atomic E-state index is 12.5. The number of thiophene rings is 1. The number of para-hydroxylation sites is 2. The Kier molecular flexibility index (Phi) is 3.66. The highest BCUT2D eigenvalue weighted by Gasteiger charge is 2.16. The Morgan fingerprint density at radius 3 is 2.90 bits per heavy atom. The van der Waals surface area contributed by atoms with Gasteiger partial charge in [-0.15, -0.1) is 11.3 Å². The minimum Gasteiger partial charge on any atom is -0.495 e. The van der Waals surface area contributed by atoms with E-state index >= 15 is 0 Å². The molecular weight excluding hydrogens is 284 g/mol. The molecule has 2 heterocycles. The van der Waals surface area contributed by atoms with Gasteiger partial charge in [0.15, 0.2) is 0 Å². The van der Waals surface area contributed by atoms with E-state index in [0.717, 1.165) is 16.8 Å². The zero-order valence-electron chi connectivity index (χ0n) is 11.9. The van der Waals surface area contributed by atoms with Crippen molar-refractivity contribution in [1.29, 1.82) is 0 Å². The standard InChI is InChI=1S/C16H16N2O2S/c1-3-18-12-8-9-21-15(12)10-13(18)16(19)17-11-6-4-5-7-14(11)20-2/h4-10H,3H2,1-2H3,(H,17,19). The molecule has 4 nitrogen and oxygen atoms in total. The molecule has 0 bridgehead atoms. The number of anilines is 1. The van der Waals surface area contributed by atoms with Crippen LogP contribution in [-0.4, -0.2) is 17.6 Å². The predicted octanol–water partition coefficient (Wildman–Crippen LogP) is 3.98. The summed E-state index contributed by atoms with van der Waals surface area (Å²) >= 11 is 1.64. The van der Waals surface area contributed by atoms with Crippen LogP contribution in [0.4, 0.5) is 5.69 Å². The number of fused-ring (bicyclic) bond motifs is 1. The SMILES string of the molecule is CCn1c(C(=O)Nc2ccccc2OC)cc2sccc21. The summed E-state index contributed by atoms with van der Waals surface area (Å²) in [6.45, 7) is 2.80. The van der Waals surface area contributed by atoms with Crippen molar-refractivity contribution >= 4 is 33.1 Å². The molecule has 0 spiro atoms. The number of carbonyl (C=O) groups excluding carboxylic acids is 1. The maximum Gasteiger partial charge on any atom is 0.272 e. The van der Waals surface area contributed by atoms with Gasteiger partial charge in [0.05, 0.1) is 23.0 Å². The molecule has 0 aliphatic heterocycles. The summed E-state index contributed by atoms with van der Waals surface area (Å²) in [5, 5.41) is 4.96. The first-order valence-electron chi connectivity index (χ1n) is 6.75. The van der Waals surface area contributed by atoms with Gasteiger partial charge in [0.1, 0.15) is 11.4 Å². The normalized spacial score (nSPS) is 10.8. The maximum atomic E-state index is 12.5. The second-order valence-corrected chi connectivity index (χ2v) is 5.55. The Labute approximate surface area is 127 Å².